The molecule has 132 valence electrons. The van der Waals surface area contributed by atoms with E-state index < -0.39 is 24.4 Å². The zero-order valence-electron chi connectivity index (χ0n) is 13.7. The van der Waals surface area contributed by atoms with Gasteiger partial charge in [0.1, 0.15) is 24.2 Å². The highest BCUT2D eigenvalue weighted by Gasteiger charge is 2.56. The Kier molecular flexibility index (Phi) is 4.53. The van der Waals surface area contributed by atoms with Gasteiger partial charge in [0.15, 0.2) is 0 Å². The maximum atomic E-state index is 13.9. The third kappa shape index (κ3) is 3.12. The number of nitrogens with one attached hydrogen (secondary N) is 1. The van der Waals surface area contributed by atoms with Crippen molar-refractivity contribution in [2.45, 2.75) is 31.7 Å². The normalized spacial score (nSPS) is 18.6. The number of amides is 1. The van der Waals surface area contributed by atoms with Crippen molar-refractivity contribution in [1.29, 1.82) is 5.26 Å². The number of rotatable bonds is 6. The van der Waals surface area contributed by atoms with Crippen LogP contribution >= 0.6 is 0 Å². The van der Waals surface area contributed by atoms with Crippen molar-refractivity contribution in [2.75, 3.05) is 24.5 Å². The minimum Gasteiger partial charge on any atom is -0.356 e. The Morgan fingerprint density at radius 1 is 1.56 bits per heavy atom. The number of anilines is 1. The standard InChI is InChI=1S/C16H18F2N6O/c1-2-23(15-11-4-7-20-14(11)21-10-22-15)8-5-12-16(17,18)9-24(12)13(25)3-6-19/h4,7,10,12H,2-3,5,8-9H2,1H3,(H,20,21,22). The fourth-order valence-corrected chi connectivity index (χ4v) is 3.16. The van der Waals surface area contributed by atoms with Crippen molar-refractivity contribution in [3.63, 3.8) is 0 Å². The van der Waals surface area contributed by atoms with Gasteiger partial charge in [-0.1, -0.05) is 0 Å². The number of nitriles is 1. The molecular weight excluding hydrogens is 330 g/mol. The number of aromatic nitrogens is 3. The van der Waals surface area contributed by atoms with Crippen LogP contribution in [0.4, 0.5) is 14.6 Å². The molecule has 2 aromatic rings. The van der Waals surface area contributed by atoms with Crippen LogP contribution in [0.15, 0.2) is 18.6 Å². The van der Waals surface area contributed by atoms with E-state index in [4.69, 9.17) is 5.26 Å². The fourth-order valence-electron chi connectivity index (χ4n) is 3.16. The highest BCUT2D eigenvalue weighted by atomic mass is 19.3. The molecule has 3 rings (SSSR count). The van der Waals surface area contributed by atoms with E-state index in [9.17, 15) is 13.6 Å². The van der Waals surface area contributed by atoms with Gasteiger partial charge in [-0.15, -0.1) is 0 Å². The van der Waals surface area contributed by atoms with Gasteiger partial charge in [0, 0.05) is 19.3 Å². The van der Waals surface area contributed by atoms with Gasteiger partial charge >= 0.3 is 0 Å². The summed E-state index contributed by atoms with van der Waals surface area (Å²) in [6, 6.07) is 2.38. The molecule has 0 aliphatic carbocycles. The molecule has 0 saturated carbocycles. The lowest BCUT2D eigenvalue weighted by atomic mass is 9.94. The second-order valence-electron chi connectivity index (χ2n) is 5.94. The van der Waals surface area contributed by atoms with Crippen LogP contribution in [0.2, 0.25) is 0 Å². The first-order valence-corrected chi connectivity index (χ1v) is 8.05. The van der Waals surface area contributed by atoms with E-state index in [1.807, 2.05) is 17.9 Å². The Morgan fingerprint density at radius 3 is 3.04 bits per heavy atom. The highest BCUT2D eigenvalue weighted by Crippen LogP contribution is 2.37. The molecule has 1 amide bonds. The number of aromatic amines is 1. The molecule has 1 N–H and O–H groups in total. The van der Waals surface area contributed by atoms with E-state index in [0.29, 0.717) is 24.6 Å². The average molecular weight is 348 g/mol. The van der Waals surface area contributed by atoms with Gasteiger partial charge in [-0.2, -0.15) is 5.26 Å². The Balaban J connectivity index is 1.73. The van der Waals surface area contributed by atoms with E-state index in [1.165, 1.54) is 6.33 Å². The van der Waals surface area contributed by atoms with Crippen LogP contribution in [0, 0.1) is 11.3 Å². The Morgan fingerprint density at radius 2 is 2.36 bits per heavy atom. The Bertz CT molecular complexity index is 814. The molecule has 9 heteroatoms. The van der Waals surface area contributed by atoms with Crippen molar-refractivity contribution in [2.24, 2.45) is 0 Å². The van der Waals surface area contributed by atoms with Gasteiger partial charge in [0.2, 0.25) is 5.91 Å². The molecule has 1 unspecified atom stereocenters. The SMILES string of the molecule is CCN(CCC1N(C(=O)CC#N)CC1(F)F)c1ncnc2[nH]ccc12. The van der Waals surface area contributed by atoms with Gasteiger partial charge in [-0.25, -0.2) is 18.7 Å². The van der Waals surface area contributed by atoms with Crippen molar-refractivity contribution in [3.8, 4) is 6.07 Å². The number of alkyl halides is 2. The summed E-state index contributed by atoms with van der Waals surface area (Å²) < 4.78 is 27.8. The quantitative estimate of drug-likeness (QED) is 0.862. The lowest BCUT2D eigenvalue weighted by molar-refractivity contribution is -0.194. The van der Waals surface area contributed by atoms with Crippen molar-refractivity contribution >= 4 is 22.8 Å². The van der Waals surface area contributed by atoms with Crippen LogP contribution < -0.4 is 4.90 Å². The van der Waals surface area contributed by atoms with Crippen LogP contribution in [0.3, 0.4) is 0 Å². The smallest absolute Gasteiger partial charge is 0.285 e. The predicted octanol–water partition coefficient (Wildman–Crippen LogP) is 1.93. The molecule has 0 spiro atoms. The number of H-pyrrole nitrogens is 1. The molecule has 1 fully saturated rings. The Labute approximate surface area is 143 Å². The maximum Gasteiger partial charge on any atom is 0.285 e. The third-order valence-electron chi connectivity index (χ3n) is 4.48. The topological polar surface area (TPSA) is 88.9 Å². The number of fused-ring (bicyclic) bond motifs is 1. The molecular formula is C16H18F2N6O. The molecule has 25 heavy (non-hydrogen) atoms. The molecule has 0 bridgehead atoms. The van der Waals surface area contributed by atoms with Crippen LogP contribution in [0.25, 0.3) is 11.0 Å². The lowest BCUT2D eigenvalue weighted by Crippen LogP contribution is -2.67. The zero-order chi connectivity index (χ0) is 18.0. The summed E-state index contributed by atoms with van der Waals surface area (Å²) in [7, 11) is 0. The summed E-state index contributed by atoms with van der Waals surface area (Å²) in [6.45, 7) is 2.21. The first-order chi connectivity index (χ1) is 12.0. The van der Waals surface area contributed by atoms with Gasteiger partial charge in [0.05, 0.1) is 24.0 Å². The highest BCUT2D eigenvalue weighted by molar-refractivity contribution is 5.87. The van der Waals surface area contributed by atoms with Gasteiger partial charge in [-0.05, 0) is 19.4 Å². The second kappa shape index (κ2) is 6.63. The lowest BCUT2D eigenvalue weighted by Gasteiger charge is -2.48. The minimum atomic E-state index is -2.92. The summed E-state index contributed by atoms with van der Waals surface area (Å²) in [6.07, 6.45) is 2.91. The van der Waals surface area contributed by atoms with Crippen molar-refractivity contribution in [3.05, 3.63) is 18.6 Å². The van der Waals surface area contributed by atoms with Gasteiger partial charge in [0.25, 0.3) is 5.92 Å². The van der Waals surface area contributed by atoms with Crippen LogP contribution in [0.5, 0.6) is 0 Å². The molecule has 1 aliphatic rings. The predicted molar refractivity (Wildman–Crippen MR) is 87.1 cm³/mol. The van der Waals surface area contributed by atoms with E-state index in [1.54, 1.807) is 12.3 Å². The van der Waals surface area contributed by atoms with Crippen molar-refractivity contribution < 1.29 is 13.6 Å². The molecule has 1 saturated heterocycles. The van der Waals surface area contributed by atoms with Crippen LogP contribution in [-0.4, -0.2) is 57.4 Å². The molecule has 7 nitrogen and oxygen atoms in total. The van der Waals surface area contributed by atoms with Gasteiger partial charge in [-0.3, -0.25) is 4.79 Å². The first kappa shape index (κ1) is 17.1. The number of hydrogen-bond acceptors (Lipinski definition) is 5. The van der Waals surface area contributed by atoms with E-state index >= 15 is 0 Å². The third-order valence-corrected chi connectivity index (χ3v) is 4.48. The number of halogens is 2. The summed E-state index contributed by atoms with van der Waals surface area (Å²) in [5.74, 6) is -2.79. The van der Waals surface area contributed by atoms with E-state index in [0.717, 1.165) is 10.3 Å². The molecule has 0 radical (unpaired) electrons. The van der Waals surface area contributed by atoms with E-state index in [-0.39, 0.29) is 12.8 Å². The number of carbonyl (C=O) groups is 1. The number of likely N-dealkylation sites (tertiary alicyclic amines) is 1. The Hall–Kier alpha value is -2.76. The molecule has 3 heterocycles. The second-order valence-corrected chi connectivity index (χ2v) is 5.94. The maximum absolute atomic E-state index is 13.9. The zero-order valence-corrected chi connectivity index (χ0v) is 13.7. The van der Waals surface area contributed by atoms with E-state index in [2.05, 4.69) is 15.0 Å². The fraction of sp³-hybridized carbons (Fsp3) is 0.500. The van der Waals surface area contributed by atoms with Crippen LogP contribution in [0.1, 0.15) is 19.8 Å². The number of hydrogen-bond donors (Lipinski definition) is 1. The number of nitrogens with zero attached hydrogens (tertiary/aromatic N) is 5. The largest absolute Gasteiger partial charge is 0.356 e. The summed E-state index contributed by atoms with van der Waals surface area (Å²) in [5.41, 5.74) is 0.684. The van der Waals surface area contributed by atoms with Crippen LogP contribution in [-0.2, 0) is 4.79 Å². The summed E-state index contributed by atoms with van der Waals surface area (Å²) in [5, 5.41) is 9.42. The molecule has 0 aromatic carbocycles. The number of carbonyl (C=O) groups excluding carboxylic acids is 1. The molecule has 1 aliphatic heterocycles. The first-order valence-electron chi connectivity index (χ1n) is 8.05. The molecule has 2 aromatic heterocycles. The molecule has 1 atom stereocenters. The minimum absolute atomic E-state index is 0.105. The monoisotopic (exact) mass is 348 g/mol. The van der Waals surface area contributed by atoms with Crippen molar-refractivity contribution in [1.82, 2.24) is 19.9 Å². The summed E-state index contributed by atoms with van der Waals surface area (Å²) in [4.78, 5) is 26.2. The summed E-state index contributed by atoms with van der Waals surface area (Å²) >= 11 is 0. The van der Waals surface area contributed by atoms with Gasteiger partial charge < -0.3 is 14.8 Å². The average Bonchev–Trinajstić information content (AvgIpc) is 3.06.